The Balaban J connectivity index is 1.57. The fraction of sp³-hybridized carbons (Fsp3) is 0.316. The van der Waals surface area contributed by atoms with Gasteiger partial charge in [0.2, 0.25) is 0 Å². The number of benzene rings is 2. The van der Waals surface area contributed by atoms with E-state index in [0.29, 0.717) is 5.92 Å². The summed E-state index contributed by atoms with van der Waals surface area (Å²) in [4.78, 5) is 2.59. The zero-order chi connectivity index (χ0) is 13.6. The highest BCUT2D eigenvalue weighted by Gasteiger charge is 2.20. The minimum Gasteiger partial charge on any atom is -0.299 e. The number of rotatable bonds is 4. The summed E-state index contributed by atoms with van der Waals surface area (Å²) in [6.45, 7) is 3.50. The van der Waals surface area contributed by atoms with E-state index in [1.165, 1.54) is 37.1 Å². The smallest absolute Gasteiger partial charge is 0.0233 e. The van der Waals surface area contributed by atoms with Crippen molar-refractivity contribution in [2.75, 3.05) is 13.1 Å². The van der Waals surface area contributed by atoms with Crippen LogP contribution >= 0.6 is 0 Å². The van der Waals surface area contributed by atoms with Crippen LogP contribution in [0.4, 0.5) is 0 Å². The molecular weight excluding hydrogens is 242 g/mol. The van der Waals surface area contributed by atoms with Crippen molar-refractivity contribution < 1.29 is 0 Å². The van der Waals surface area contributed by atoms with Gasteiger partial charge in [0.15, 0.2) is 0 Å². The van der Waals surface area contributed by atoms with Crippen LogP contribution in [-0.2, 0) is 6.54 Å². The molecule has 2 aromatic carbocycles. The number of nitrogens with zero attached hydrogens (tertiary/aromatic N) is 1. The van der Waals surface area contributed by atoms with Gasteiger partial charge >= 0.3 is 0 Å². The fourth-order valence-electron chi connectivity index (χ4n) is 3.05. The summed E-state index contributed by atoms with van der Waals surface area (Å²) < 4.78 is 0. The highest BCUT2D eigenvalue weighted by atomic mass is 15.1. The highest BCUT2D eigenvalue weighted by molar-refractivity contribution is 5.24. The summed E-state index contributed by atoms with van der Waals surface area (Å²) in [7, 11) is 0. The second kappa shape index (κ2) is 6.71. The van der Waals surface area contributed by atoms with E-state index in [1.807, 2.05) is 0 Å². The quantitative estimate of drug-likeness (QED) is 0.802. The number of hydrogen-bond donors (Lipinski definition) is 0. The Hall–Kier alpha value is -1.60. The van der Waals surface area contributed by atoms with Crippen molar-refractivity contribution in [1.29, 1.82) is 0 Å². The first-order valence-corrected chi connectivity index (χ1v) is 7.56. The second-order valence-corrected chi connectivity index (χ2v) is 5.70. The van der Waals surface area contributed by atoms with Crippen molar-refractivity contribution in [2.45, 2.75) is 19.4 Å². The zero-order valence-corrected chi connectivity index (χ0v) is 11.9. The molecule has 0 saturated carbocycles. The third-order valence-corrected chi connectivity index (χ3v) is 4.02. The van der Waals surface area contributed by atoms with Crippen LogP contribution in [0.25, 0.3) is 0 Å². The first-order chi connectivity index (χ1) is 9.90. The van der Waals surface area contributed by atoms with Gasteiger partial charge in [-0.25, -0.2) is 0 Å². The molecule has 1 aliphatic heterocycles. The lowest BCUT2D eigenvalue weighted by Gasteiger charge is -2.32. The Morgan fingerprint density at radius 3 is 2.40 bits per heavy atom. The second-order valence-electron chi connectivity index (χ2n) is 5.70. The predicted octanol–water partition coefficient (Wildman–Crippen LogP) is 4.15. The zero-order valence-electron chi connectivity index (χ0n) is 11.9. The Morgan fingerprint density at radius 2 is 1.65 bits per heavy atom. The van der Waals surface area contributed by atoms with Gasteiger partial charge in [0, 0.05) is 13.1 Å². The van der Waals surface area contributed by atoms with Crippen LogP contribution in [0.2, 0.25) is 0 Å². The van der Waals surface area contributed by atoms with Gasteiger partial charge in [0.25, 0.3) is 0 Å². The first kappa shape index (κ1) is 13.4. The average Bonchev–Trinajstić information content (AvgIpc) is 2.50. The maximum atomic E-state index is 2.59. The summed E-state index contributed by atoms with van der Waals surface area (Å²) in [5.74, 6) is 0.690. The Morgan fingerprint density at radius 1 is 0.950 bits per heavy atom. The van der Waals surface area contributed by atoms with Crippen molar-refractivity contribution in [2.24, 2.45) is 5.92 Å². The summed E-state index contributed by atoms with van der Waals surface area (Å²) >= 11 is 0. The molecular formula is C19H22N. The SMILES string of the molecule is [CH](c1ccccc1)C1CCCN(Cc2ccccc2)C1. The van der Waals surface area contributed by atoms with E-state index < -0.39 is 0 Å². The molecule has 1 aliphatic rings. The van der Waals surface area contributed by atoms with Gasteiger partial charge in [-0.15, -0.1) is 0 Å². The molecule has 1 unspecified atom stereocenters. The fourth-order valence-corrected chi connectivity index (χ4v) is 3.05. The maximum absolute atomic E-state index is 2.59. The lowest BCUT2D eigenvalue weighted by Crippen LogP contribution is -2.35. The summed E-state index contributed by atoms with van der Waals surface area (Å²) in [6, 6.07) is 21.5. The maximum Gasteiger partial charge on any atom is 0.0233 e. The number of piperidine rings is 1. The van der Waals surface area contributed by atoms with Gasteiger partial charge in [-0.1, -0.05) is 60.7 Å². The Kier molecular flexibility index (Phi) is 4.49. The van der Waals surface area contributed by atoms with Gasteiger partial charge in [-0.3, -0.25) is 4.90 Å². The molecule has 1 radical (unpaired) electrons. The van der Waals surface area contributed by atoms with Gasteiger partial charge in [0.1, 0.15) is 0 Å². The average molecular weight is 264 g/mol. The van der Waals surface area contributed by atoms with Crippen molar-refractivity contribution in [3.63, 3.8) is 0 Å². The molecule has 1 atom stereocenters. The molecule has 1 heterocycles. The molecule has 103 valence electrons. The van der Waals surface area contributed by atoms with Crippen LogP contribution in [0, 0.1) is 12.3 Å². The normalized spacial score (nSPS) is 19.9. The van der Waals surface area contributed by atoms with E-state index >= 15 is 0 Å². The largest absolute Gasteiger partial charge is 0.299 e. The van der Waals surface area contributed by atoms with Crippen molar-refractivity contribution >= 4 is 0 Å². The third-order valence-electron chi connectivity index (χ3n) is 4.02. The first-order valence-electron chi connectivity index (χ1n) is 7.56. The van der Waals surface area contributed by atoms with Crippen LogP contribution in [0.5, 0.6) is 0 Å². The Labute approximate surface area is 122 Å². The van der Waals surface area contributed by atoms with Crippen molar-refractivity contribution in [3.05, 3.63) is 78.2 Å². The minimum atomic E-state index is 0.690. The van der Waals surface area contributed by atoms with E-state index in [4.69, 9.17) is 0 Å². The lowest BCUT2D eigenvalue weighted by atomic mass is 9.91. The van der Waals surface area contributed by atoms with Crippen LogP contribution in [-0.4, -0.2) is 18.0 Å². The van der Waals surface area contributed by atoms with E-state index in [1.54, 1.807) is 0 Å². The molecule has 1 fully saturated rings. The standard InChI is InChI=1S/C19H22N/c1-3-8-17(9-4-1)14-19-12-7-13-20(16-19)15-18-10-5-2-6-11-18/h1-6,8-11,14,19H,7,12-13,15-16H2. The predicted molar refractivity (Wildman–Crippen MR) is 84.3 cm³/mol. The Bertz CT molecular complexity index is 458. The van der Waals surface area contributed by atoms with E-state index in [2.05, 4.69) is 72.0 Å². The molecule has 0 amide bonds. The van der Waals surface area contributed by atoms with E-state index in [9.17, 15) is 0 Å². The topological polar surface area (TPSA) is 3.24 Å². The van der Waals surface area contributed by atoms with Crippen LogP contribution in [0.15, 0.2) is 60.7 Å². The van der Waals surface area contributed by atoms with E-state index in [0.717, 1.165) is 6.54 Å². The summed E-state index contributed by atoms with van der Waals surface area (Å²) in [6.07, 6.45) is 5.07. The number of likely N-dealkylation sites (tertiary alicyclic amines) is 1. The highest BCUT2D eigenvalue weighted by Crippen LogP contribution is 2.23. The molecule has 2 aromatic rings. The number of hydrogen-bond acceptors (Lipinski definition) is 1. The van der Waals surface area contributed by atoms with Crippen molar-refractivity contribution in [3.8, 4) is 0 Å². The third kappa shape index (κ3) is 3.71. The summed E-state index contributed by atoms with van der Waals surface area (Å²) in [5, 5.41) is 0. The van der Waals surface area contributed by atoms with Crippen LogP contribution in [0.1, 0.15) is 24.0 Å². The van der Waals surface area contributed by atoms with E-state index in [-0.39, 0.29) is 0 Å². The molecule has 0 aromatic heterocycles. The molecule has 0 bridgehead atoms. The van der Waals surface area contributed by atoms with Gasteiger partial charge in [0.05, 0.1) is 0 Å². The molecule has 20 heavy (non-hydrogen) atoms. The lowest BCUT2D eigenvalue weighted by molar-refractivity contribution is 0.183. The van der Waals surface area contributed by atoms with Crippen molar-refractivity contribution in [1.82, 2.24) is 4.90 Å². The van der Waals surface area contributed by atoms with Crippen LogP contribution in [0.3, 0.4) is 0 Å². The van der Waals surface area contributed by atoms with Gasteiger partial charge < -0.3 is 0 Å². The molecule has 0 N–H and O–H groups in total. The summed E-state index contributed by atoms with van der Waals surface area (Å²) in [5.41, 5.74) is 2.78. The molecule has 1 heteroatoms. The minimum absolute atomic E-state index is 0.690. The van der Waals surface area contributed by atoms with Gasteiger partial charge in [-0.05, 0) is 42.9 Å². The molecule has 3 rings (SSSR count). The molecule has 0 spiro atoms. The molecule has 0 aliphatic carbocycles. The molecule has 1 nitrogen and oxygen atoms in total. The van der Waals surface area contributed by atoms with Crippen LogP contribution < -0.4 is 0 Å². The monoisotopic (exact) mass is 264 g/mol. The molecule has 1 saturated heterocycles. The van der Waals surface area contributed by atoms with Gasteiger partial charge in [-0.2, -0.15) is 0 Å².